The smallest absolute Gasteiger partial charge is 0.242 e. The fraction of sp³-hybridized carbons (Fsp3) is 0.364. The molecule has 0 aliphatic carbocycles. The molecule has 0 aromatic heterocycles. The van der Waals surface area contributed by atoms with Gasteiger partial charge in [-0.3, -0.25) is 4.79 Å². The molecule has 0 radical (unpaired) electrons. The molecule has 18 heavy (non-hydrogen) atoms. The van der Waals surface area contributed by atoms with Crippen molar-refractivity contribution in [3.8, 4) is 0 Å². The highest BCUT2D eigenvalue weighted by atomic mass is 32.2. The highest BCUT2D eigenvalue weighted by Crippen LogP contribution is 2.18. The molecule has 0 saturated carbocycles. The van der Waals surface area contributed by atoms with Gasteiger partial charge in [-0.25, -0.2) is 12.7 Å². The van der Waals surface area contributed by atoms with E-state index >= 15 is 0 Å². The Bertz CT molecular complexity index is 527. The zero-order valence-corrected chi connectivity index (χ0v) is 12.1. The lowest BCUT2D eigenvalue weighted by Crippen LogP contribution is -2.22. The molecule has 1 rings (SSSR count). The molecule has 7 heteroatoms. The third kappa shape index (κ3) is 3.72. The van der Waals surface area contributed by atoms with Crippen LogP contribution in [-0.4, -0.2) is 44.7 Å². The summed E-state index contributed by atoms with van der Waals surface area (Å²) in [4.78, 5) is 11.6. The van der Waals surface area contributed by atoms with Crippen molar-refractivity contribution in [3.63, 3.8) is 0 Å². The standard InChI is InChI=1S/C11H16N2O3S2/c1-13(2)18(15,16)10-6-4-5-9(7-10)12-11(14)8-17-3/h4-7H,8H2,1-3H3,(H,12,14). The molecule has 5 nitrogen and oxygen atoms in total. The molecule has 0 aliphatic rings. The average molecular weight is 288 g/mol. The van der Waals surface area contributed by atoms with Gasteiger partial charge in [0.25, 0.3) is 0 Å². The Morgan fingerprint density at radius 1 is 1.39 bits per heavy atom. The van der Waals surface area contributed by atoms with Gasteiger partial charge < -0.3 is 5.32 Å². The van der Waals surface area contributed by atoms with E-state index in [4.69, 9.17) is 0 Å². The Morgan fingerprint density at radius 2 is 2.06 bits per heavy atom. The predicted molar refractivity (Wildman–Crippen MR) is 74.3 cm³/mol. The molecule has 1 aromatic carbocycles. The highest BCUT2D eigenvalue weighted by Gasteiger charge is 2.17. The number of hydrogen-bond donors (Lipinski definition) is 1. The number of carbonyl (C=O) groups excluding carboxylic acids is 1. The first-order valence-corrected chi connectivity index (χ1v) is 8.02. The second-order valence-electron chi connectivity index (χ2n) is 3.80. The number of sulfonamides is 1. The van der Waals surface area contributed by atoms with Gasteiger partial charge in [-0.05, 0) is 24.5 Å². The quantitative estimate of drug-likeness (QED) is 0.885. The number of anilines is 1. The largest absolute Gasteiger partial charge is 0.325 e. The zero-order chi connectivity index (χ0) is 13.8. The van der Waals surface area contributed by atoms with Crippen LogP contribution in [0.5, 0.6) is 0 Å². The Balaban J connectivity index is 2.97. The third-order valence-electron chi connectivity index (χ3n) is 2.17. The second-order valence-corrected chi connectivity index (χ2v) is 6.81. The van der Waals surface area contributed by atoms with Gasteiger partial charge in [-0.2, -0.15) is 11.8 Å². The molecule has 0 bridgehead atoms. The highest BCUT2D eigenvalue weighted by molar-refractivity contribution is 7.99. The molecule has 100 valence electrons. The molecule has 0 saturated heterocycles. The first kappa shape index (κ1) is 15.0. The van der Waals surface area contributed by atoms with Gasteiger partial charge in [0.1, 0.15) is 0 Å². The topological polar surface area (TPSA) is 66.5 Å². The maximum Gasteiger partial charge on any atom is 0.242 e. The molecule has 1 aromatic rings. The fourth-order valence-electron chi connectivity index (χ4n) is 1.27. The van der Waals surface area contributed by atoms with Gasteiger partial charge in [-0.1, -0.05) is 6.07 Å². The number of carbonyl (C=O) groups is 1. The van der Waals surface area contributed by atoms with Crippen molar-refractivity contribution >= 4 is 33.4 Å². The van der Waals surface area contributed by atoms with Crippen molar-refractivity contribution in [2.45, 2.75) is 4.90 Å². The van der Waals surface area contributed by atoms with Gasteiger partial charge in [0.05, 0.1) is 10.6 Å². The lowest BCUT2D eigenvalue weighted by molar-refractivity contribution is -0.113. The summed E-state index contributed by atoms with van der Waals surface area (Å²) >= 11 is 1.41. The predicted octanol–water partition coefficient (Wildman–Crippen LogP) is 1.24. The van der Waals surface area contributed by atoms with Crippen LogP contribution in [0.3, 0.4) is 0 Å². The van der Waals surface area contributed by atoms with Crippen LogP contribution in [0.1, 0.15) is 0 Å². The van der Waals surface area contributed by atoms with Crippen molar-refractivity contribution in [1.29, 1.82) is 0 Å². The van der Waals surface area contributed by atoms with Crippen LogP contribution in [0.25, 0.3) is 0 Å². The zero-order valence-electron chi connectivity index (χ0n) is 10.5. The van der Waals surface area contributed by atoms with E-state index in [1.807, 2.05) is 6.26 Å². The number of amides is 1. The number of benzene rings is 1. The van der Waals surface area contributed by atoms with Gasteiger partial charge >= 0.3 is 0 Å². The Hall–Kier alpha value is -1.05. The van der Waals surface area contributed by atoms with Crippen LogP contribution < -0.4 is 5.32 Å². The van der Waals surface area contributed by atoms with E-state index in [0.717, 1.165) is 4.31 Å². The average Bonchev–Trinajstić information content (AvgIpc) is 2.29. The first-order chi connectivity index (χ1) is 8.37. The minimum atomic E-state index is -3.47. The van der Waals surface area contributed by atoms with Crippen molar-refractivity contribution in [2.24, 2.45) is 0 Å². The summed E-state index contributed by atoms with van der Waals surface area (Å²) in [6.45, 7) is 0. The molecule has 1 N–H and O–H groups in total. The van der Waals surface area contributed by atoms with Crippen molar-refractivity contribution < 1.29 is 13.2 Å². The molecular formula is C11H16N2O3S2. The minimum Gasteiger partial charge on any atom is -0.325 e. The Morgan fingerprint density at radius 3 is 2.61 bits per heavy atom. The molecule has 0 unspecified atom stereocenters. The van der Waals surface area contributed by atoms with Crippen LogP contribution in [0.2, 0.25) is 0 Å². The van der Waals surface area contributed by atoms with Crippen molar-refractivity contribution in [3.05, 3.63) is 24.3 Å². The fourth-order valence-corrected chi connectivity index (χ4v) is 2.56. The maximum absolute atomic E-state index is 11.9. The molecule has 0 aliphatic heterocycles. The lowest BCUT2D eigenvalue weighted by atomic mass is 10.3. The van der Waals surface area contributed by atoms with E-state index < -0.39 is 10.0 Å². The number of nitrogens with one attached hydrogen (secondary N) is 1. The second kappa shape index (κ2) is 6.21. The summed E-state index contributed by atoms with van der Waals surface area (Å²) in [6.07, 6.45) is 1.83. The van der Waals surface area contributed by atoms with Crippen LogP contribution in [0.4, 0.5) is 5.69 Å². The van der Waals surface area contributed by atoms with E-state index in [9.17, 15) is 13.2 Å². The van der Waals surface area contributed by atoms with Crippen LogP contribution in [0.15, 0.2) is 29.2 Å². The van der Waals surface area contributed by atoms with Crippen molar-refractivity contribution in [2.75, 3.05) is 31.4 Å². The number of thioether (sulfide) groups is 1. The number of nitrogens with zero attached hydrogens (tertiary/aromatic N) is 1. The minimum absolute atomic E-state index is 0.151. The van der Waals surface area contributed by atoms with E-state index in [-0.39, 0.29) is 10.8 Å². The summed E-state index contributed by atoms with van der Waals surface area (Å²) in [7, 11) is -0.537. The van der Waals surface area contributed by atoms with Crippen molar-refractivity contribution in [1.82, 2.24) is 4.31 Å². The van der Waals surface area contributed by atoms with E-state index in [0.29, 0.717) is 11.4 Å². The summed E-state index contributed by atoms with van der Waals surface area (Å²) in [5.41, 5.74) is 0.483. The van der Waals surface area contributed by atoms with Crippen LogP contribution in [0, 0.1) is 0 Å². The third-order valence-corrected chi connectivity index (χ3v) is 4.53. The molecule has 0 spiro atoms. The van der Waals surface area contributed by atoms with Gasteiger partial charge in [0, 0.05) is 19.8 Å². The van der Waals surface area contributed by atoms with E-state index in [2.05, 4.69) is 5.32 Å². The van der Waals surface area contributed by atoms with Gasteiger partial charge in [-0.15, -0.1) is 0 Å². The summed E-state index contributed by atoms with van der Waals surface area (Å²) < 4.78 is 24.9. The van der Waals surface area contributed by atoms with Crippen LogP contribution in [-0.2, 0) is 14.8 Å². The maximum atomic E-state index is 11.9. The van der Waals surface area contributed by atoms with Crippen LogP contribution >= 0.6 is 11.8 Å². The molecule has 0 fully saturated rings. The number of rotatable bonds is 5. The van der Waals surface area contributed by atoms with Gasteiger partial charge in [0.15, 0.2) is 0 Å². The summed E-state index contributed by atoms with van der Waals surface area (Å²) in [5.74, 6) is 0.187. The molecule has 0 heterocycles. The Kier molecular flexibility index (Phi) is 5.18. The monoisotopic (exact) mass is 288 g/mol. The lowest BCUT2D eigenvalue weighted by Gasteiger charge is -2.12. The molecule has 1 amide bonds. The summed E-state index contributed by atoms with van der Waals surface area (Å²) in [6, 6.07) is 6.21. The first-order valence-electron chi connectivity index (χ1n) is 5.19. The van der Waals surface area contributed by atoms with Gasteiger partial charge in [0.2, 0.25) is 15.9 Å². The number of hydrogen-bond acceptors (Lipinski definition) is 4. The summed E-state index contributed by atoms with van der Waals surface area (Å²) in [5, 5.41) is 2.65. The SMILES string of the molecule is CSCC(=O)Nc1cccc(S(=O)(=O)N(C)C)c1. The van der Waals surface area contributed by atoms with E-state index in [1.165, 1.54) is 38.0 Å². The molecule has 0 atom stereocenters. The molecular weight excluding hydrogens is 272 g/mol. The normalized spacial score (nSPS) is 11.6. The Labute approximate surface area is 112 Å². The van der Waals surface area contributed by atoms with E-state index in [1.54, 1.807) is 12.1 Å².